The van der Waals surface area contributed by atoms with Gasteiger partial charge in [0.2, 0.25) is 0 Å². The van der Waals surface area contributed by atoms with Crippen LogP contribution < -0.4 is 5.32 Å². The molecule has 0 radical (unpaired) electrons. The molecule has 3 nitrogen and oxygen atoms in total. The zero-order valence-corrected chi connectivity index (χ0v) is 11.9. The second-order valence-electron chi connectivity index (χ2n) is 4.68. The molecule has 1 fully saturated rings. The van der Waals surface area contributed by atoms with Gasteiger partial charge in [0.15, 0.2) is 0 Å². The molecule has 2 rings (SSSR count). The topological polar surface area (TPSA) is 46.2 Å². The highest BCUT2D eigenvalue weighted by molar-refractivity contribution is 7.92. The van der Waals surface area contributed by atoms with E-state index in [9.17, 15) is 21.6 Å². The van der Waals surface area contributed by atoms with E-state index in [1.807, 2.05) is 0 Å². The van der Waals surface area contributed by atoms with Crippen molar-refractivity contribution in [2.45, 2.75) is 28.6 Å². The highest BCUT2D eigenvalue weighted by atomic mass is 35.5. The van der Waals surface area contributed by atoms with Gasteiger partial charge in [0, 0.05) is 6.54 Å². The number of anilines is 1. The fourth-order valence-corrected chi connectivity index (χ4v) is 3.07. The van der Waals surface area contributed by atoms with E-state index in [4.69, 9.17) is 11.6 Å². The Labute approximate surface area is 120 Å². The predicted molar refractivity (Wildman–Crippen MR) is 70.5 cm³/mol. The maximum absolute atomic E-state index is 12.6. The van der Waals surface area contributed by atoms with Crippen molar-refractivity contribution in [2.75, 3.05) is 11.9 Å². The average Bonchev–Trinajstić information content (AvgIpc) is 3.19. The number of benzene rings is 1. The lowest BCUT2D eigenvalue weighted by Gasteiger charge is -2.15. The minimum Gasteiger partial charge on any atom is -0.382 e. The van der Waals surface area contributed by atoms with Crippen LogP contribution >= 0.6 is 11.6 Å². The number of nitrogens with one attached hydrogen (secondary N) is 1. The van der Waals surface area contributed by atoms with Gasteiger partial charge in [-0.05, 0) is 30.9 Å². The van der Waals surface area contributed by atoms with Crippen molar-refractivity contribution >= 4 is 27.1 Å². The molecule has 20 heavy (non-hydrogen) atoms. The number of rotatable bonds is 5. The second kappa shape index (κ2) is 5.44. The molecule has 0 saturated heterocycles. The van der Waals surface area contributed by atoms with Crippen LogP contribution in [0, 0.1) is 5.92 Å². The smallest absolute Gasteiger partial charge is 0.382 e. The third-order valence-corrected chi connectivity index (χ3v) is 5.16. The summed E-state index contributed by atoms with van der Waals surface area (Å²) in [6.45, 7) is 0.233. The molecule has 0 spiro atoms. The molecule has 1 aliphatic carbocycles. The summed E-state index contributed by atoms with van der Waals surface area (Å²) in [5.41, 5.74) is -5.39. The molecule has 0 bridgehead atoms. The van der Waals surface area contributed by atoms with Gasteiger partial charge in [-0.1, -0.05) is 12.1 Å². The predicted octanol–water partition coefficient (Wildman–Crippen LogP) is 3.41. The monoisotopic (exact) mass is 327 g/mol. The van der Waals surface area contributed by atoms with Crippen molar-refractivity contribution in [3.05, 3.63) is 24.3 Å². The highest BCUT2D eigenvalue weighted by Gasteiger charge is 2.47. The average molecular weight is 328 g/mol. The molecule has 0 heterocycles. The van der Waals surface area contributed by atoms with Crippen molar-refractivity contribution in [1.29, 1.82) is 0 Å². The van der Waals surface area contributed by atoms with E-state index in [0.717, 1.165) is 18.9 Å². The summed E-state index contributed by atoms with van der Waals surface area (Å²) in [6, 6.07) is 4.96. The molecular weight excluding hydrogens is 315 g/mol. The molecule has 1 saturated carbocycles. The normalized spacial score (nSPS) is 17.8. The maximum atomic E-state index is 12.6. The molecule has 0 aromatic heterocycles. The summed E-state index contributed by atoms with van der Waals surface area (Å²) >= 11 is 6.05. The highest BCUT2D eigenvalue weighted by Crippen LogP contribution is 2.37. The first-order valence-corrected chi connectivity index (χ1v) is 7.94. The molecule has 1 N–H and O–H groups in total. The maximum Gasteiger partial charge on any atom is 0.501 e. The summed E-state index contributed by atoms with van der Waals surface area (Å²) in [4.78, 5) is -0.771. The van der Waals surface area contributed by atoms with Crippen molar-refractivity contribution in [2.24, 2.45) is 5.92 Å². The number of sulfone groups is 1. The molecule has 1 aromatic carbocycles. The van der Waals surface area contributed by atoms with Gasteiger partial charge in [-0.15, -0.1) is 11.6 Å². The molecule has 0 aliphatic heterocycles. The molecule has 1 unspecified atom stereocenters. The van der Waals surface area contributed by atoms with Crippen LogP contribution in [0.15, 0.2) is 29.2 Å². The summed E-state index contributed by atoms with van der Waals surface area (Å²) in [7, 11) is -5.37. The van der Waals surface area contributed by atoms with Gasteiger partial charge in [0.1, 0.15) is 0 Å². The minimum atomic E-state index is -5.37. The van der Waals surface area contributed by atoms with Crippen LogP contribution in [0.1, 0.15) is 12.8 Å². The molecule has 1 aliphatic rings. The van der Waals surface area contributed by atoms with Crippen LogP contribution in [0.4, 0.5) is 18.9 Å². The summed E-state index contributed by atoms with van der Waals surface area (Å²) in [6.07, 6.45) is 2.00. The van der Waals surface area contributed by atoms with Crippen molar-refractivity contribution in [3.63, 3.8) is 0 Å². The van der Waals surface area contributed by atoms with Gasteiger partial charge < -0.3 is 5.32 Å². The van der Waals surface area contributed by atoms with Crippen molar-refractivity contribution < 1.29 is 21.6 Å². The Balaban J connectivity index is 2.22. The van der Waals surface area contributed by atoms with Gasteiger partial charge in [0.25, 0.3) is 9.84 Å². The Bertz CT molecular complexity index is 585. The first-order chi connectivity index (χ1) is 9.23. The molecule has 1 atom stereocenters. The standard InChI is InChI=1S/C12H13ClF3NO2S/c13-9(8-5-6-8)7-17-10-3-1-2-4-11(10)20(18,19)12(14,15)16/h1-4,8-9,17H,5-7H2. The van der Waals surface area contributed by atoms with Gasteiger partial charge in [-0.25, -0.2) is 8.42 Å². The quantitative estimate of drug-likeness (QED) is 0.843. The fourth-order valence-electron chi connectivity index (χ4n) is 1.80. The third kappa shape index (κ3) is 3.20. The number of alkyl halides is 4. The molecule has 0 amide bonds. The minimum absolute atomic E-state index is 0.0730. The van der Waals surface area contributed by atoms with Crippen LogP contribution in [0.3, 0.4) is 0 Å². The first kappa shape index (κ1) is 15.4. The zero-order valence-electron chi connectivity index (χ0n) is 10.3. The lowest BCUT2D eigenvalue weighted by molar-refractivity contribution is -0.0435. The van der Waals surface area contributed by atoms with Gasteiger partial charge >= 0.3 is 5.51 Å². The third-order valence-electron chi connectivity index (χ3n) is 3.10. The zero-order chi connectivity index (χ0) is 15.0. The first-order valence-electron chi connectivity index (χ1n) is 6.02. The van der Waals surface area contributed by atoms with E-state index in [2.05, 4.69) is 5.32 Å². The number of hydrogen-bond donors (Lipinski definition) is 1. The Hall–Kier alpha value is -0.950. The largest absolute Gasteiger partial charge is 0.501 e. The number of halogens is 4. The van der Waals surface area contributed by atoms with E-state index in [-0.39, 0.29) is 17.6 Å². The second-order valence-corrected chi connectivity index (χ2v) is 7.15. The molecule has 1 aromatic rings. The Kier molecular flexibility index (Phi) is 4.20. The van der Waals surface area contributed by atoms with Crippen LogP contribution in [-0.4, -0.2) is 25.8 Å². The summed E-state index contributed by atoms with van der Waals surface area (Å²) in [5.74, 6) is 0.357. The Morgan fingerprint density at radius 3 is 2.45 bits per heavy atom. The van der Waals surface area contributed by atoms with E-state index in [0.29, 0.717) is 5.92 Å². The van der Waals surface area contributed by atoms with Gasteiger partial charge in [-0.3, -0.25) is 0 Å². The van der Waals surface area contributed by atoms with Crippen LogP contribution in [0.25, 0.3) is 0 Å². The lowest BCUT2D eigenvalue weighted by atomic mass is 10.2. The van der Waals surface area contributed by atoms with E-state index in [1.54, 1.807) is 0 Å². The van der Waals surface area contributed by atoms with E-state index < -0.39 is 20.2 Å². The van der Waals surface area contributed by atoms with Crippen molar-refractivity contribution in [1.82, 2.24) is 0 Å². The fraction of sp³-hybridized carbons (Fsp3) is 0.500. The molecule has 112 valence electrons. The van der Waals surface area contributed by atoms with Crippen molar-refractivity contribution in [3.8, 4) is 0 Å². The summed E-state index contributed by atoms with van der Waals surface area (Å²) < 4.78 is 60.7. The Morgan fingerprint density at radius 2 is 1.90 bits per heavy atom. The van der Waals surface area contributed by atoms with Gasteiger partial charge in [-0.2, -0.15) is 13.2 Å². The number of hydrogen-bond acceptors (Lipinski definition) is 3. The van der Waals surface area contributed by atoms with E-state index >= 15 is 0 Å². The molecule has 8 heteroatoms. The SMILES string of the molecule is O=S(=O)(c1ccccc1NCC(Cl)C1CC1)C(F)(F)F. The van der Waals surface area contributed by atoms with Crippen LogP contribution in [0.5, 0.6) is 0 Å². The number of para-hydroxylation sites is 1. The van der Waals surface area contributed by atoms with Crippen LogP contribution in [-0.2, 0) is 9.84 Å². The molecular formula is C12H13ClF3NO2S. The van der Waals surface area contributed by atoms with Gasteiger partial charge in [0.05, 0.1) is 16.0 Å². The summed E-state index contributed by atoms with van der Waals surface area (Å²) in [5, 5.41) is 2.49. The van der Waals surface area contributed by atoms with Crippen LogP contribution in [0.2, 0.25) is 0 Å². The Morgan fingerprint density at radius 1 is 1.30 bits per heavy atom. The lowest BCUT2D eigenvalue weighted by Crippen LogP contribution is -2.25. The van der Waals surface area contributed by atoms with E-state index in [1.165, 1.54) is 18.2 Å².